The number of aromatic nitrogens is 4. The van der Waals surface area contributed by atoms with Gasteiger partial charge in [-0.05, 0) is 36.8 Å². The van der Waals surface area contributed by atoms with Crippen molar-refractivity contribution in [3.05, 3.63) is 63.3 Å². The molecule has 0 atom stereocenters. The van der Waals surface area contributed by atoms with E-state index in [2.05, 4.69) is 31.2 Å². The van der Waals surface area contributed by atoms with Gasteiger partial charge in [-0.1, -0.05) is 23.2 Å². The van der Waals surface area contributed by atoms with Gasteiger partial charge in [-0.3, -0.25) is 25.2 Å². The molecular weight excluding hydrogens is 502 g/mol. The van der Waals surface area contributed by atoms with Crippen molar-refractivity contribution in [2.45, 2.75) is 20.0 Å². The number of aryl methyl sites for hydroxylation is 1. The number of carbonyl (C=O) groups excluding carboxylic acids is 3. The molecule has 3 rings (SSSR count). The monoisotopic (exact) mass is 515 g/mol. The molecular formula is C19H14Cl2F3N7O3. The first-order valence-corrected chi connectivity index (χ1v) is 9.97. The zero-order valence-electron chi connectivity index (χ0n) is 17.3. The van der Waals surface area contributed by atoms with Crippen LogP contribution in [0.15, 0.2) is 30.5 Å². The smallest absolute Gasteiger partial charge is 0.318 e. The number of pyridine rings is 1. The number of hydrogen-bond donors (Lipinski definition) is 3. The van der Waals surface area contributed by atoms with E-state index >= 15 is 0 Å². The molecule has 10 nitrogen and oxygen atoms in total. The number of halogens is 5. The van der Waals surface area contributed by atoms with Gasteiger partial charge >= 0.3 is 6.18 Å². The van der Waals surface area contributed by atoms with Crippen LogP contribution >= 0.6 is 23.2 Å². The van der Waals surface area contributed by atoms with Crippen LogP contribution in [0.2, 0.25) is 10.0 Å². The second-order valence-corrected chi connectivity index (χ2v) is 7.56. The van der Waals surface area contributed by atoms with E-state index in [1.165, 1.54) is 37.4 Å². The van der Waals surface area contributed by atoms with Gasteiger partial charge < -0.3 is 5.32 Å². The third-order valence-electron chi connectivity index (χ3n) is 4.14. The Morgan fingerprint density at radius 3 is 2.41 bits per heavy atom. The van der Waals surface area contributed by atoms with Crippen molar-refractivity contribution in [3.63, 3.8) is 0 Å². The lowest BCUT2D eigenvalue weighted by Crippen LogP contribution is -2.40. The molecule has 0 aliphatic carbocycles. The molecule has 0 aliphatic heterocycles. The van der Waals surface area contributed by atoms with E-state index in [9.17, 15) is 27.6 Å². The zero-order chi connectivity index (χ0) is 25.2. The number of carbonyl (C=O) groups is 3. The van der Waals surface area contributed by atoms with Crippen molar-refractivity contribution in [1.29, 1.82) is 0 Å². The molecule has 3 amide bonds. The normalized spacial score (nSPS) is 11.1. The standard InChI is InChI=1S/C19H14Cl2F3N7O3/c1-8-6-10(20)7-11(16(33)29-28-9(2)32)13(8)26-17(34)15-27-18(19(22,23)24)30-31(15)14-12(21)4-3-5-25-14/h3-7H,1-2H3,(H,26,34)(H,28,32)(H,29,33). The number of amides is 3. The van der Waals surface area contributed by atoms with Crippen LogP contribution < -0.4 is 16.2 Å². The Balaban J connectivity index is 2.07. The summed E-state index contributed by atoms with van der Waals surface area (Å²) in [5, 5.41) is 5.74. The van der Waals surface area contributed by atoms with E-state index in [1.54, 1.807) is 0 Å². The molecule has 0 aliphatic rings. The fraction of sp³-hybridized carbons (Fsp3) is 0.158. The summed E-state index contributed by atoms with van der Waals surface area (Å²) >= 11 is 12.0. The molecule has 0 fully saturated rings. The van der Waals surface area contributed by atoms with Crippen molar-refractivity contribution in [2.75, 3.05) is 5.32 Å². The number of benzene rings is 1. The molecule has 0 saturated carbocycles. The minimum Gasteiger partial charge on any atom is -0.318 e. The molecule has 0 saturated heterocycles. The molecule has 15 heteroatoms. The summed E-state index contributed by atoms with van der Waals surface area (Å²) < 4.78 is 40.4. The van der Waals surface area contributed by atoms with Crippen LogP contribution in [0.1, 0.15) is 39.3 Å². The van der Waals surface area contributed by atoms with Crippen molar-refractivity contribution in [3.8, 4) is 5.82 Å². The maximum Gasteiger partial charge on any atom is 0.453 e. The van der Waals surface area contributed by atoms with Gasteiger partial charge in [0, 0.05) is 18.1 Å². The summed E-state index contributed by atoms with van der Waals surface area (Å²) in [6.45, 7) is 2.65. The summed E-state index contributed by atoms with van der Waals surface area (Å²) in [4.78, 5) is 43.8. The topological polar surface area (TPSA) is 131 Å². The quantitative estimate of drug-likeness (QED) is 0.456. The molecule has 178 valence electrons. The minimum atomic E-state index is -4.97. The Bertz CT molecular complexity index is 1290. The van der Waals surface area contributed by atoms with E-state index in [0.717, 1.165) is 6.92 Å². The predicted molar refractivity (Wildman–Crippen MR) is 115 cm³/mol. The predicted octanol–water partition coefficient (Wildman–Crippen LogP) is 3.33. The molecule has 0 radical (unpaired) electrons. The van der Waals surface area contributed by atoms with Crippen LogP contribution in [0.5, 0.6) is 0 Å². The lowest BCUT2D eigenvalue weighted by atomic mass is 10.1. The van der Waals surface area contributed by atoms with Crippen LogP contribution in [0.25, 0.3) is 5.82 Å². The van der Waals surface area contributed by atoms with Crippen molar-refractivity contribution < 1.29 is 27.6 Å². The Hall–Kier alpha value is -3.71. The van der Waals surface area contributed by atoms with Gasteiger partial charge in [-0.2, -0.15) is 22.8 Å². The molecule has 2 aromatic heterocycles. The fourth-order valence-corrected chi connectivity index (χ4v) is 3.20. The Labute approximate surface area is 199 Å². The average molecular weight is 516 g/mol. The first kappa shape index (κ1) is 24.9. The molecule has 3 aromatic rings. The van der Waals surface area contributed by atoms with Gasteiger partial charge in [0.2, 0.25) is 11.7 Å². The first-order valence-electron chi connectivity index (χ1n) is 9.22. The summed E-state index contributed by atoms with van der Waals surface area (Å²) in [5.41, 5.74) is 4.23. The zero-order valence-corrected chi connectivity index (χ0v) is 18.8. The SMILES string of the molecule is CC(=O)NNC(=O)c1cc(Cl)cc(C)c1NC(=O)c1nc(C(F)(F)F)nn1-c1ncccc1Cl. The molecule has 1 aromatic carbocycles. The highest BCUT2D eigenvalue weighted by Crippen LogP contribution is 2.30. The third kappa shape index (κ3) is 5.43. The summed E-state index contributed by atoms with van der Waals surface area (Å²) in [6.07, 6.45) is -3.73. The van der Waals surface area contributed by atoms with Gasteiger partial charge in [-0.15, -0.1) is 5.10 Å². The summed E-state index contributed by atoms with van der Waals surface area (Å²) in [6, 6.07) is 5.38. The summed E-state index contributed by atoms with van der Waals surface area (Å²) in [7, 11) is 0. The number of hydrogen-bond acceptors (Lipinski definition) is 6. The summed E-state index contributed by atoms with van der Waals surface area (Å²) in [5.74, 6) is -5.23. The lowest BCUT2D eigenvalue weighted by Gasteiger charge is -2.15. The molecule has 2 heterocycles. The second kappa shape index (κ2) is 9.65. The van der Waals surface area contributed by atoms with E-state index in [4.69, 9.17) is 23.2 Å². The largest absolute Gasteiger partial charge is 0.453 e. The van der Waals surface area contributed by atoms with Crippen LogP contribution in [-0.2, 0) is 11.0 Å². The van der Waals surface area contributed by atoms with Crippen LogP contribution in [0.3, 0.4) is 0 Å². The fourth-order valence-electron chi connectivity index (χ4n) is 2.73. The number of anilines is 1. The average Bonchev–Trinajstić information content (AvgIpc) is 3.20. The molecule has 34 heavy (non-hydrogen) atoms. The van der Waals surface area contributed by atoms with Crippen molar-refractivity contribution in [1.82, 2.24) is 30.6 Å². The molecule has 0 spiro atoms. The molecule has 0 bridgehead atoms. The maximum atomic E-state index is 13.3. The van der Waals surface area contributed by atoms with Gasteiger partial charge in [0.15, 0.2) is 5.82 Å². The van der Waals surface area contributed by atoms with Crippen molar-refractivity contribution >= 4 is 46.6 Å². The van der Waals surface area contributed by atoms with Gasteiger partial charge in [-0.25, -0.2) is 4.98 Å². The minimum absolute atomic E-state index is 0.0896. The number of rotatable bonds is 4. The first-order chi connectivity index (χ1) is 15.9. The number of alkyl halides is 3. The highest BCUT2D eigenvalue weighted by molar-refractivity contribution is 6.32. The number of nitrogens with one attached hydrogen (secondary N) is 3. The number of nitrogens with zero attached hydrogens (tertiary/aromatic N) is 4. The third-order valence-corrected chi connectivity index (χ3v) is 4.65. The van der Waals surface area contributed by atoms with Gasteiger partial charge in [0.1, 0.15) is 0 Å². The maximum absolute atomic E-state index is 13.3. The highest BCUT2D eigenvalue weighted by Gasteiger charge is 2.39. The highest BCUT2D eigenvalue weighted by atomic mass is 35.5. The van der Waals surface area contributed by atoms with E-state index in [1.807, 2.05) is 0 Å². The van der Waals surface area contributed by atoms with E-state index < -0.39 is 35.5 Å². The van der Waals surface area contributed by atoms with E-state index in [0.29, 0.717) is 10.2 Å². The van der Waals surface area contributed by atoms with Crippen LogP contribution in [0, 0.1) is 6.92 Å². The van der Waals surface area contributed by atoms with Gasteiger partial charge in [0.05, 0.1) is 16.3 Å². The lowest BCUT2D eigenvalue weighted by molar-refractivity contribution is -0.144. The molecule has 0 unspecified atom stereocenters. The Morgan fingerprint density at radius 2 is 1.79 bits per heavy atom. The number of hydrazine groups is 1. The second-order valence-electron chi connectivity index (χ2n) is 6.71. The molecule has 3 N–H and O–H groups in total. The Morgan fingerprint density at radius 1 is 1.09 bits per heavy atom. The van der Waals surface area contributed by atoms with Crippen molar-refractivity contribution in [2.24, 2.45) is 0 Å². The van der Waals surface area contributed by atoms with E-state index in [-0.39, 0.29) is 27.1 Å². The van der Waals surface area contributed by atoms with Crippen LogP contribution in [-0.4, -0.2) is 37.5 Å². The Kier molecular flexibility index (Phi) is 7.07. The van der Waals surface area contributed by atoms with Crippen LogP contribution in [0.4, 0.5) is 18.9 Å². The van der Waals surface area contributed by atoms with Gasteiger partial charge in [0.25, 0.3) is 17.6 Å².